The summed E-state index contributed by atoms with van der Waals surface area (Å²) in [5, 5.41) is 12.8. The van der Waals surface area contributed by atoms with Gasteiger partial charge < -0.3 is 14.8 Å². The third-order valence-corrected chi connectivity index (χ3v) is 3.28. The van der Waals surface area contributed by atoms with E-state index in [0.717, 1.165) is 36.6 Å². The molecule has 0 bridgehead atoms. The Balaban J connectivity index is 1.76. The predicted octanol–water partition coefficient (Wildman–Crippen LogP) is 2.18. The number of furan rings is 1. The number of nitrogens with zero attached hydrogens (tertiary/aromatic N) is 1. The average Bonchev–Trinajstić information content (AvgIpc) is 2.95. The van der Waals surface area contributed by atoms with Crippen LogP contribution in [0.5, 0.6) is 0 Å². The monoisotopic (exact) mass is 274 g/mol. The summed E-state index contributed by atoms with van der Waals surface area (Å²) in [6, 6.07) is 9.87. The van der Waals surface area contributed by atoms with Crippen LogP contribution in [0.15, 0.2) is 40.9 Å². The van der Waals surface area contributed by atoms with E-state index in [1.807, 2.05) is 30.3 Å². The van der Waals surface area contributed by atoms with Gasteiger partial charge in [0.05, 0.1) is 6.54 Å². The molecule has 0 spiro atoms. The average molecular weight is 274 g/mol. The van der Waals surface area contributed by atoms with Gasteiger partial charge in [0, 0.05) is 31.5 Å². The lowest BCUT2D eigenvalue weighted by atomic mass is 10.0. The molecule has 108 valence electrons. The SMILES string of the molecule is CCc1ccc(CNCC(CO)Cc2ccccn2)o1. The van der Waals surface area contributed by atoms with Gasteiger partial charge in [-0.1, -0.05) is 13.0 Å². The topological polar surface area (TPSA) is 58.3 Å². The van der Waals surface area contributed by atoms with Crippen LogP contribution in [-0.2, 0) is 19.4 Å². The Bertz CT molecular complexity index is 496. The van der Waals surface area contributed by atoms with Gasteiger partial charge in [0.25, 0.3) is 0 Å². The van der Waals surface area contributed by atoms with E-state index in [9.17, 15) is 5.11 Å². The largest absolute Gasteiger partial charge is 0.465 e. The van der Waals surface area contributed by atoms with Crippen molar-refractivity contribution in [3.63, 3.8) is 0 Å². The molecule has 4 heteroatoms. The molecule has 2 heterocycles. The molecule has 0 fully saturated rings. The molecule has 2 N–H and O–H groups in total. The lowest BCUT2D eigenvalue weighted by Crippen LogP contribution is -2.26. The van der Waals surface area contributed by atoms with Gasteiger partial charge in [-0.3, -0.25) is 4.98 Å². The van der Waals surface area contributed by atoms with Crippen molar-refractivity contribution in [3.05, 3.63) is 53.7 Å². The molecular weight excluding hydrogens is 252 g/mol. The maximum Gasteiger partial charge on any atom is 0.117 e. The number of rotatable bonds is 8. The van der Waals surface area contributed by atoms with Crippen molar-refractivity contribution in [3.8, 4) is 0 Å². The fourth-order valence-electron chi connectivity index (χ4n) is 2.12. The van der Waals surface area contributed by atoms with Crippen molar-refractivity contribution in [1.29, 1.82) is 0 Å². The van der Waals surface area contributed by atoms with Gasteiger partial charge >= 0.3 is 0 Å². The Hall–Kier alpha value is -1.65. The van der Waals surface area contributed by atoms with E-state index < -0.39 is 0 Å². The molecule has 4 nitrogen and oxygen atoms in total. The first-order valence-electron chi connectivity index (χ1n) is 7.11. The van der Waals surface area contributed by atoms with Crippen molar-refractivity contribution in [2.24, 2.45) is 5.92 Å². The van der Waals surface area contributed by atoms with E-state index in [1.54, 1.807) is 6.20 Å². The Morgan fingerprint density at radius 2 is 2.10 bits per heavy atom. The van der Waals surface area contributed by atoms with Gasteiger partial charge in [-0.15, -0.1) is 0 Å². The van der Waals surface area contributed by atoms with E-state index in [2.05, 4.69) is 17.2 Å². The highest BCUT2D eigenvalue weighted by Gasteiger charge is 2.09. The molecule has 0 aliphatic heterocycles. The minimum Gasteiger partial charge on any atom is -0.465 e. The number of hydrogen-bond acceptors (Lipinski definition) is 4. The second-order valence-corrected chi connectivity index (χ2v) is 4.93. The van der Waals surface area contributed by atoms with Gasteiger partial charge in [0.15, 0.2) is 0 Å². The number of aliphatic hydroxyl groups is 1. The first-order valence-corrected chi connectivity index (χ1v) is 7.11. The highest BCUT2D eigenvalue weighted by atomic mass is 16.3. The van der Waals surface area contributed by atoms with Crippen molar-refractivity contribution >= 4 is 0 Å². The first-order chi connectivity index (χ1) is 9.81. The normalized spacial score (nSPS) is 12.5. The molecule has 2 rings (SSSR count). The Morgan fingerprint density at radius 1 is 1.25 bits per heavy atom. The van der Waals surface area contributed by atoms with E-state index in [4.69, 9.17) is 4.42 Å². The van der Waals surface area contributed by atoms with Crippen molar-refractivity contribution in [2.45, 2.75) is 26.3 Å². The van der Waals surface area contributed by atoms with Gasteiger partial charge in [0.1, 0.15) is 11.5 Å². The molecule has 0 saturated carbocycles. The molecule has 0 aliphatic rings. The zero-order valence-corrected chi connectivity index (χ0v) is 11.9. The molecule has 0 saturated heterocycles. The van der Waals surface area contributed by atoms with Crippen LogP contribution in [0, 0.1) is 5.92 Å². The molecule has 2 aromatic heterocycles. The molecule has 20 heavy (non-hydrogen) atoms. The zero-order chi connectivity index (χ0) is 14.2. The summed E-state index contributed by atoms with van der Waals surface area (Å²) in [7, 11) is 0. The highest BCUT2D eigenvalue weighted by molar-refractivity contribution is 5.07. The lowest BCUT2D eigenvalue weighted by Gasteiger charge is -2.14. The molecule has 0 radical (unpaired) electrons. The molecular formula is C16H22N2O2. The van der Waals surface area contributed by atoms with E-state index in [1.165, 1.54) is 0 Å². The van der Waals surface area contributed by atoms with Gasteiger partial charge in [-0.2, -0.15) is 0 Å². The number of aliphatic hydroxyl groups excluding tert-OH is 1. The lowest BCUT2D eigenvalue weighted by molar-refractivity contribution is 0.219. The molecule has 0 amide bonds. The first kappa shape index (κ1) is 14.8. The number of hydrogen-bond donors (Lipinski definition) is 2. The maximum atomic E-state index is 9.44. The number of aromatic nitrogens is 1. The summed E-state index contributed by atoms with van der Waals surface area (Å²) in [4.78, 5) is 4.29. The zero-order valence-electron chi connectivity index (χ0n) is 11.9. The van der Waals surface area contributed by atoms with Crippen LogP contribution in [0.4, 0.5) is 0 Å². The smallest absolute Gasteiger partial charge is 0.117 e. The van der Waals surface area contributed by atoms with Crippen LogP contribution in [-0.4, -0.2) is 23.2 Å². The number of aryl methyl sites for hydroxylation is 1. The van der Waals surface area contributed by atoms with Crippen LogP contribution in [0.1, 0.15) is 24.1 Å². The Kier molecular flexibility index (Phi) is 5.77. The van der Waals surface area contributed by atoms with Crippen LogP contribution in [0.3, 0.4) is 0 Å². The molecule has 0 aromatic carbocycles. The molecule has 2 aromatic rings. The second kappa shape index (κ2) is 7.82. The summed E-state index contributed by atoms with van der Waals surface area (Å²) >= 11 is 0. The molecule has 0 aliphatic carbocycles. The Labute approximate surface area is 119 Å². The van der Waals surface area contributed by atoms with Crippen LogP contribution >= 0.6 is 0 Å². The Morgan fingerprint density at radius 3 is 2.75 bits per heavy atom. The fourth-order valence-corrected chi connectivity index (χ4v) is 2.12. The minimum absolute atomic E-state index is 0.155. The van der Waals surface area contributed by atoms with E-state index in [-0.39, 0.29) is 12.5 Å². The standard InChI is InChI=1S/C16H22N2O2/c1-2-15-6-7-16(20-15)11-17-10-13(12-19)9-14-5-3-4-8-18-14/h3-8,13,17,19H,2,9-12H2,1H3. The molecule has 1 atom stereocenters. The molecule has 1 unspecified atom stereocenters. The maximum absolute atomic E-state index is 9.44. The number of nitrogens with one attached hydrogen (secondary N) is 1. The van der Waals surface area contributed by atoms with Gasteiger partial charge in [0.2, 0.25) is 0 Å². The van der Waals surface area contributed by atoms with Crippen molar-refractivity contribution in [1.82, 2.24) is 10.3 Å². The fraction of sp³-hybridized carbons (Fsp3) is 0.438. The second-order valence-electron chi connectivity index (χ2n) is 4.93. The van der Waals surface area contributed by atoms with Crippen LogP contribution in [0.2, 0.25) is 0 Å². The van der Waals surface area contributed by atoms with Gasteiger partial charge in [-0.25, -0.2) is 0 Å². The van der Waals surface area contributed by atoms with E-state index in [0.29, 0.717) is 6.54 Å². The number of pyridine rings is 1. The highest BCUT2D eigenvalue weighted by Crippen LogP contribution is 2.09. The summed E-state index contributed by atoms with van der Waals surface area (Å²) in [5.41, 5.74) is 1.01. The van der Waals surface area contributed by atoms with Gasteiger partial charge in [-0.05, 0) is 36.6 Å². The predicted molar refractivity (Wildman–Crippen MR) is 78.3 cm³/mol. The summed E-state index contributed by atoms with van der Waals surface area (Å²) in [6.45, 7) is 3.67. The summed E-state index contributed by atoms with van der Waals surface area (Å²) < 4.78 is 5.63. The van der Waals surface area contributed by atoms with Crippen LogP contribution < -0.4 is 5.32 Å². The van der Waals surface area contributed by atoms with Crippen molar-refractivity contribution < 1.29 is 9.52 Å². The van der Waals surface area contributed by atoms with Crippen LogP contribution in [0.25, 0.3) is 0 Å². The third kappa shape index (κ3) is 4.47. The van der Waals surface area contributed by atoms with Crippen molar-refractivity contribution in [2.75, 3.05) is 13.2 Å². The summed E-state index contributed by atoms with van der Waals surface area (Å²) in [6.07, 6.45) is 3.48. The minimum atomic E-state index is 0.155. The quantitative estimate of drug-likeness (QED) is 0.774. The van der Waals surface area contributed by atoms with E-state index >= 15 is 0 Å². The summed E-state index contributed by atoms with van der Waals surface area (Å²) in [5.74, 6) is 2.12. The third-order valence-electron chi connectivity index (χ3n) is 3.28.